The highest BCUT2D eigenvalue weighted by molar-refractivity contribution is 5.77. The minimum atomic E-state index is -0.287. The van der Waals surface area contributed by atoms with Gasteiger partial charge in [0.05, 0.1) is 6.61 Å². The van der Waals surface area contributed by atoms with Crippen LogP contribution in [0.5, 0.6) is 5.75 Å². The minimum absolute atomic E-state index is 0.228. The Bertz CT molecular complexity index is 1260. The second-order valence-electron chi connectivity index (χ2n) is 9.76. The second-order valence-corrected chi connectivity index (χ2v) is 9.76. The lowest BCUT2D eigenvalue weighted by Gasteiger charge is -2.33. The van der Waals surface area contributed by atoms with Gasteiger partial charge in [0.25, 0.3) is 5.56 Å². The summed E-state index contributed by atoms with van der Waals surface area (Å²) in [4.78, 5) is 33.6. The molecule has 1 aliphatic heterocycles. The molecule has 0 spiro atoms. The standard InChI is InChI=1S/C27H39N5O3/c1-5-7-8-9-10-11-12-17-30-25(33)23-24(29(4)27(30)34)28-26-31(18-20(3)19-32(23)26)21-13-15-22(16-14-21)35-6-2/h13-16,20H,5-12,17-19H2,1-4H3. The van der Waals surface area contributed by atoms with E-state index in [0.29, 0.717) is 42.7 Å². The molecule has 0 radical (unpaired) electrons. The highest BCUT2D eigenvalue weighted by Crippen LogP contribution is 2.33. The van der Waals surface area contributed by atoms with Crippen LogP contribution in [0.2, 0.25) is 0 Å². The number of hydrogen-bond acceptors (Lipinski definition) is 5. The van der Waals surface area contributed by atoms with Gasteiger partial charge in [-0.2, -0.15) is 4.98 Å². The lowest BCUT2D eigenvalue weighted by atomic mass is 10.1. The lowest BCUT2D eigenvalue weighted by molar-refractivity contribution is 0.340. The topological polar surface area (TPSA) is 74.3 Å². The Kier molecular flexibility index (Phi) is 7.98. The molecule has 1 aliphatic rings. The molecule has 1 unspecified atom stereocenters. The van der Waals surface area contributed by atoms with Crippen LogP contribution in [0, 0.1) is 5.92 Å². The maximum absolute atomic E-state index is 13.6. The predicted octanol–water partition coefficient (Wildman–Crippen LogP) is 4.83. The van der Waals surface area contributed by atoms with Gasteiger partial charge in [0, 0.05) is 32.4 Å². The van der Waals surface area contributed by atoms with Crippen LogP contribution in [0.25, 0.3) is 11.2 Å². The Hall–Kier alpha value is -3.03. The Balaban J connectivity index is 1.65. The first-order valence-corrected chi connectivity index (χ1v) is 13.2. The van der Waals surface area contributed by atoms with Crippen LogP contribution in [-0.4, -0.2) is 31.8 Å². The van der Waals surface area contributed by atoms with Gasteiger partial charge in [0.2, 0.25) is 5.95 Å². The Morgan fingerprint density at radius 3 is 2.34 bits per heavy atom. The van der Waals surface area contributed by atoms with Gasteiger partial charge in [-0.05, 0) is 43.5 Å². The van der Waals surface area contributed by atoms with E-state index >= 15 is 0 Å². The quantitative estimate of drug-likeness (QED) is 0.367. The summed E-state index contributed by atoms with van der Waals surface area (Å²) in [6.45, 7) is 8.92. The molecule has 0 amide bonds. The minimum Gasteiger partial charge on any atom is -0.494 e. The molecule has 0 saturated heterocycles. The number of aromatic nitrogens is 4. The van der Waals surface area contributed by atoms with Crippen molar-refractivity contribution in [1.29, 1.82) is 0 Å². The molecular formula is C27H39N5O3. The Morgan fingerprint density at radius 2 is 1.66 bits per heavy atom. The van der Waals surface area contributed by atoms with E-state index in [4.69, 9.17) is 9.72 Å². The molecule has 3 heterocycles. The lowest BCUT2D eigenvalue weighted by Crippen LogP contribution is -2.40. The zero-order chi connectivity index (χ0) is 24.9. The normalized spacial score (nSPS) is 15.5. The van der Waals surface area contributed by atoms with E-state index in [2.05, 4.69) is 18.7 Å². The van der Waals surface area contributed by atoms with E-state index < -0.39 is 0 Å². The number of benzene rings is 1. The van der Waals surface area contributed by atoms with Gasteiger partial charge in [-0.3, -0.25) is 13.9 Å². The summed E-state index contributed by atoms with van der Waals surface area (Å²) in [5.74, 6) is 1.85. The van der Waals surface area contributed by atoms with Gasteiger partial charge in [-0.1, -0.05) is 52.4 Å². The number of nitrogens with zero attached hydrogens (tertiary/aromatic N) is 5. The van der Waals surface area contributed by atoms with Crippen molar-refractivity contribution in [3.8, 4) is 5.75 Å². The van der Waals surface area contributed by atoms with Crippen molar-refractivity contribution in [1.82, 2.24) is 18.7 Å². The zero-order valence-electron chi connectivity index (χ0n) is 21.6. The first kappa shape index (κ1) is 25.1. The smallest absolute Gasteiger partial charge is 0.332 e. The van der Waals surface area contributed by atoms with Crippen LogP contribution in [0.15, 0.2) is 33.9 Å². The van der Waals surface area contributed by atoms with E-state index in [1.165, 1.54) is 34.8 Å². The van der Waals surface area contributed by atoms with E-state index in [1.54, 1.807) is 7.05 Å². The first-order valence-electron chi connectivity index (χ1n) is 13.2. The van der Waals surface area contributed by atoms with E-state index in [1.807, 2.05) is 35.8 Å². The average Bonchev–Trinajstić information content (AvgIpc) is 3.24. The largest absolute Gasteiger partial charge is 0.494 e. The van der Waals surface area contributed by atoms with Crippen LogP contribution in [0.3, 0.4) is 0 Å². The molecule has 2 aromatic heterocycles. The molecule has 0 bridgehead atoms. The average molecular weight is 482 g/mol. The van der Waals surface area contributed by atoms with Gasteiger partial charge >= 0.3 is 5.69 Å². The van der Waals surface area contributed by atoms with Gasteiger partial charge in [-0.25, -0.2) is 4.79 Å². The second kappa shape index (κ2) is 11.1. The van der Waals surface area contributed by atoms with Crippen molar-refractivity contribution in [3.05, 3.63) is 45.1 Å². The van der Waals surface area contributed by atoms with Gasteiger partial charge in [-0.15, -0.1) is 0 Å². The summed E-state index contributed by atoms with van der Waals surface area (Å²) in [6, 6.07) is 7.95. The third kappa shape index (κ3) is 5.16. The fraction of sp³-hybridized carbons (Fsp3) is 0.593. The number of fused-ring (bicyclic) bond motifs is 3. The number of ether oxygens (including phenoxy) is 1. The molecule has 35 heavy (non-hydrogen) atoms. The van der Waals surface area contributed by atoms with Crippen molar-refractivity contribution < 1.29 is 4.74 Å². The number of hydrogen-bond donors (Lipinski definition) is 0. The van der Waals surface area contributed by atoms with Crippen molar-refractivity contribution in [2.24, 2.45) is 13.0 Å². The third-order valence-electron chi connectivity index (χ3n) is 6.89. The third-order valence-corrected chi connectivity index (χ3v) is 6.89. The van der Waals surface area contributed by atoms with Crippen molar-refractivity contribution in [2.45, 2.75) is 78.8 Å². The number of imidazole rings is 1. The molecule has 1 aromatic carbocycles. The molecule has 0 N–H and O–H groups in total. The summed E-state index contributed by atoms with van der Waals surface area (Å²) < 4.78 is 10.5. The van der Waals surface area contributed by atoms with Crippen LogP contribution in [-0.2, 0) is 20.1 Å². The number of unbranched alkanes of at least 4 members (excludes halogenated alkanes) is 6. The monoisotopic (exact) mass is 481 g/mol. The Labute approximate surface area is 207 Å². The highest BCUT2D eigenvalue weighted by Gasteiger charge is 2.29. The number of rotatable bonds is 11. The summed E-state index contributed by atoms with van der Waals surface area (Å²) in [5, 5.41) is 0. The van der Waals surface area contributed by atoms with Crippen LogP contribution < -0.4 is 20.9 Å². The van der Waals surface area contributed by atoms with Gasteiger partial charge < -0.3 is 14.2 Å². The molecule has 8 nitrogen and oxygen atoms in total. The summed E-state index contributed by atoms with van der Waals surface area (Å²) in [5.41, 5.74) is 1.45. The fourth-order valence-electron chi connectivity index (χ4n) is 5.04. The molecule has 4 rings (SSSR count). The summed E-state index contributed by atoms with van der Waals surface area (Å²) >= 11 is 0. The zero-order valence-corrected chi connectivity index (χ0v) is 21.6. The molecule has 190 valence electrons. The summed E-state index contributed by atoms with van der Waals surface area (Å²) in [6.07, 6.45) is 8.00. The van der Waals surface area contributed by atoms with Gasteiger partial charge in [0.1, 0.15) is 5.75 Å². The molecular weight excluding hydrogens is 442 g/mol. The van der Waals surface area contributed by atoms with Crippen LogP contribution in [0.1, 0.15) is 65.7 Å². The van der Waals surface area contributed by atoms with Crippen LogP contribution >= 0.6 is 0 Å². The summed E-state index contributed by atoms with van der Waals surface area (Å²) in [7, 11) is 1.72. The Morgan fingerprint density at radius 1 is 0.971 bits per heavy atom. The predicted molar refractivity (Wildman–Crippen MR) is 141 cm³/mol. The molecule has 0 fully saturated rings. The number of anilines is 2. The number of aryl methyl sites for hydroxylation is 1. The molecule has 3 aromatic rings. The van der Waals surface area contributed by atoms with E-state index in [0.717, 1.165) is 37.2 Å². The van der Waals surface area contributed by atoms with Gasteiger partial charge in [0.15, 0.2) is 11.2 Å². The highest BCUT2D eigenvalue weighted by atomic mass is 16.5. The van der Waals surface area contributed by atoms with Crippen molar-refractivity contribution in [3.63, 3.8) is 0 Å². The maximum Gasteiger partial charge on any atom is 0.332 e. The first-order chi connectivity index (χ1) is 17.0. The molecule has 1 atom stereocenters. The van der Waals surface area contributed by atoms with E-state index in [9.17, 15) is 9.59 Å². The fourth-order valence-corrected chi connectivity index (χ4v) is 5.04. The maximum atomic E-state index is 13.6. The van der Waals surface area contributed by atoms with Crippen molar-refractivity contribution >= 4 is 22.8 Å². The molecule has 0 saturated carbocycles. The molecule has 0 aliphatic carbocycles. The van der Waals surface area contributed by atoms with Crippen molar-refractivity contribution in [2.75, 3.05) is 18.1 Å². The molecule has 8 heteroatoms. The van der Waals surface area contributed by atoms with Crippen LogP contribution in [0.4, 0.5) is 11.6 Å². The van der Waals surface area contributed by atoms with E-state index in [-0.39, 0.29) is 11.2 Å². The SMILES string of the molecule is CCCCCCCCCn1c(=O)c2c(nc3n2CC(C)CN3c2ccc(OCC)cc2)n(C)c1=O.